The Morgan fingerprint density at radius 2 is 1.84 bits per heavy atom. The summed E-state index contributed by atoms with van der Waals surface area (Å²) < 4.78 is 31.4. The summed E-state index contributed by atoms with van der Waals surface area (Å²) in [7, 11) is -2.15. The highest BCUT2D eigenvalue weighted by Gasteiger charge is 2.14. The molecule has 1 heterocycles. The Bertz CT molecular complexity index is 654. The smallest absolute Gasteiger partial charge is 0.261 e. The van der Waals surface area contributed by atoms with E-state index in [4.69, 9.17) is 16.3 Å². The summed E-state index contributed by atoms with van der Waals surface area (Å²) in [6.45, 7) is 0. The molecular weight excluding hydrogens is 288 g/mol. The molecule has 0 atom stereocenters. The molecular formula is C12H11ClN2O3S. The van der Waals surface area contributed by atoms with Crippen LogP contribution in [0.5, 0.6) is 5.88 Å². The summed E-state index contributed by atoms with van der Waals surface area (Å²) in [5, 5.41) is 0.477. The zero-order valence-electron chi connectivity index (χ0n) is 10.00. The van der Waals surface area contributed by atoms with E-state index in [1.807, 2.05) is 0 Å². The number of halogens is 1. The summed E-state index contributed by atoms with van der Waals surface area (Å²) in [6.07, 6.45) is 1.38. The Labute approximate surface area is 116 Å². The van der Waals surface area contributed by atoms with Crippen molar-refractivity contribution in [3.8, 4) is 5.88 Å². The van der Waals surface area contributed by atoms with Crippen molar-refractivity contribution in [2.75, 3.05) is 11.8 Å². The number of pyridine rings is 1. The van der Waals surface area contributed by atoms with Crippen LogP contribution in [0.25, 0.3) is 0 Å². The number of hydrogen-bond donors (Lipinski definition) is 1. The number of nitrogens with zero attached hydrogens (tertiary/aromatic N) is 1. The molecule has 0 unspecified atom stereocenters. The number of hydrogen-bond acceptors (Lipinski definition) is 4. The Kier molecular flexibility index (Phi) is 3.92. The summed E-state index contributed by atoms with van der Waals surface area (Å²) in [5.41, 5.74) is 0.357. The van der Waals surface area contributed by atoms with Crippen LogP contribution >= 0.6 is 11.6 Å². The van der Waals surface area contributed by atoms with Crippen molar-refractivity contribution in [3.05, 3.63) is 47.6 Å². The third kappa shape index (κ3) is 3.36. The van der Waals surface area contributed by atoms with Crippen LogP contribution in [-0.4, -0.2) is 20.5 Å². The van der Waals surface area contributed by atoms with E-state index >= 15 is 0 Å². The van der Waals surface area contributed by atoms with E-state index in [9.17, 15) is 8.42 Å². The molecule has 1 aromatic heterocycles. The largest absolute Gasteiger partial charge is 0.481 e. The fraction of sp³-hybridized carbons (Fsp3) is 0.0833. The summed E-state index contributed by atoms with van der Waals surface area (Å²) in [6, 6.07) is 9.03. The van der Waals surface area contributed by atoms with Gasteiger partial charge in [0.1, 0.15) is 0 Å². The van der Waals surface area contributed by atoms with Crippen LogP contribution in [0.15, 0.2) is 47.5 Å². The molecule has 0 radical (unpaired) electrons. The minimum Gasteiger partial charge on any atom is -0.481 e. The Morgan fingerprint density at radius 1 is 1.16 bits per heavy atom. The molecule has 0 spiro atoms. The topological polar surface area (TPSA) is 68.3 Å². The molecule has 1 aromatic carbocycles. The Morgan fingerprint density at radius 3 is 2.37 bits per heavy atom. The van der Waals surface area contributed by atoms with Gasteiger partial charge in [-0.25, -0.2) is 13.4 Å². The van der Waals surface area contributed by atoms with Gasteiger partial charge in [-0.3, -0.25) is 4.72 Å². The van der Waals surface area contributed by atoms with Crippen LogP contribution in [0.4, 0.5) is 5.69 Å². The molecule has 7 heteroatoms. The summed E-state index contributed by atoms with van der Waals surface area (Å²) in [4.78, 5) is 4.05. The van der Waals surface area contributed by atoms with Gasteiger partial charge >= 0.3 is 0 Å². The highest BCUT2D eigenvalue weighted by Crippen LogP contribution is 2.18. The van der Waals surface area contributed by atoms with Crippen LogP contribution in [0.1, 0.15) is 0 Å². The van der Waals surface area contributed by atoms with E-state index in [1.165, 1.54) is 37.6 Å². The van der Waals surface area contributed by atoms with Crippen molar-refractivity contribution >= 4 is 27.3 Å². The molecule has 0 aliphatic heterocycles. The molecule has 0 aliphatic rings. The second kappa shape index (κ2) is 5.46. The summed E-state index contributed by atoms with van der Waals surface area (Å²) >= 11 is 5.72. The van der Waals surface area contributed by atoms with Gasteiger partial charge in [0.05, 0.1) is 23.9 Å². The Hall–Kier alpha value is -1.79. The van der Waals surface area contributed by atoms with Crippen molar-refractivity contribution in [3.63, 3.8) is 0 Å². The molecule has 5 nitrogen and oxygen atoms in total. The number of rotatable bonds is 4. The van der Waals surface area contributed by atoms with Crippen molar-refractivity contribution in [2.24, 2.45) is 0 Å². The molecule has 0 fully saturated rings. The van der Waals surface area contributed by atoms with Gasteiger partial charge in [-0.2, -0.15) is 0 Å². The fourth-order valence-electron chi connectivity index (χ4n) is 1.39. The zero-order chi connectivity index (χ0) is 13.9. The number of nitrogens with one attached hydrogen (secondary N) is 1. The maximum absolute atomic E-state index is 12.1. The lowest BCUT2D eigenvalue weighted by molar-refractivity contribution is 0.398. The standard InChI is InChI=1S/C12H11ClN2O3S/c1-18-12-7-4-10(8-14-12)15-19(16,17)11-5-2-9(13)3-6-11/h2-8,15H,1H3. The fourth-order valence-corrected chi connectivity index (χ4v) is 2.56. The first-order valence-corrected chi connectivity index (χ1v) is 7.16. The molecule has 1 N–H and O–H groups in total. The number of benzene rings is 1. The Balaban J connectivity index is 2.23. The second-order valence-electron chi connectivity index (χ2n) is 3.65. The zero-order valence-corrected chi connectivity index (χ0v) is 11.6. The number of methoxy groups -OCH3 is 1. The average molecular weight is 299 g/mol. The highest BCUT2D eigenvalue weighted by molar-refractivity contribution is 7.92. The average Bonchev–Trinajstić information content (AvgIpc) is 2.40. The minimum atomic E-state index is -3.64. The number of anilines is 1. The maximum atomic E-state index is 12.1. The monoisotopic (exact) mass is 298 g/mol. The molecule has 0 bridgehead atoms. The SMILES string of the molecule is COc1ccc(NS(=O)(=O)c2ccc(Cl)cc2)cn1. The maximum Gasteiger partial charge on any atom is 0.261 e. The normalized spacial score (nSPS) is 11.1. The molecule has 0 saturated carbocycles. The lowest BCUT2D eigenvalue weighted by Gasteiger charge is -2.08. The van der Waals surface area contributed by atoms with Crippen LogP contribution in [-0.2, 0) is 10.0 Å². The van der Waals surface area contributed by atoms with E-state index in [0.717, 1.165) is 0 Å². The van der Waals surface area contributed by atoms with E-state index in [2.05, 4.69) is 9.71 Å². The molecule has 0 saturated heterocycles. The predicted octanol–water partition coefficient (Wildman–Crippen LogP) is 2.54. The van der Waals surface area contributed by atoms with Crippen LogP contribution < -0.4 is 9.46 Å². The highest BCUT2D eigenvalue weighted by atomic mass is 35.5. The first kappa shape index (κ1) is 13.6. The lowest BCUT2D eigenvalue weighted by atomic mass is 10.4. The molecule has 0 amide bonds. The van der Waals surface area contributed by atoms with Gasteiger partial charge in [-0.15, -0.1) is 0 Å². The molecule has 2 rings (SSSR count). The van der Waals surface area contributed by atoms with E-state index in [1.54, 1.807) is 12.1 Å². The molecule has 0 aliphatic carbocycles. The third-order valence-electron chi connectivity index (χ3n) is 2.32. The van der Waals surface area contributed by atoms with Crippen molar-refractivity contribution < 1.29 is 13.2 Å². The van der Waals surface area contributed by atoms with Crippen molar-refractivity contribution in [1.82, 2.24) is 4.98 Å². The van der Waals surface area contributed by atoms with Crippen LogP contribution in [0, 0.1) is 0 Å². The lowest BCUT2D eigenvalue weighted by Crippen LogP contribution is -2.12. The predicted molar refractivity (Wildman–Crippen MR) is 73.0 cm³/mol. The van der Waals surface area contributed by atoms with Crippen molar-refractivity contribution in [2.45, 2.75) is 4.90 Å². The number of ether oxygens (including phenoxy) is 1. The van der Waals surface area contributed by atoms with Gasteiger partial charge < -0.3 is 4.74 Å². The van der Waals surface area contributed by atoms with Crippen LogP contribution in [0.2, 0.25) is 5.02 Å². The van der Waals surface area contributed by atoms with Gasteiger partial charge in [0.15, 0.2) is 0 Å². The quantitative estimate of drug-likeness (QED) is 0.942. The van der Waals surface area contributed by atoms with Gasteiger partial charge in [-0.05, 0) is 30.3 Å². The van der Waals surface area contributed by atoms with Crippen LogP contribution in [0.3, 0.4) is 0 Å². The van der Waals surface area contributed by atoms with Gasteiger partial charge in [0.25, 0.3) is 10.0 Å². The van der Waals surface area contributed by atoms with E-state index in [0.29, 0.717) is 16.6 Å². The number of sulfonamides is 1. The molecule has 19 heavy (non-hydrogen) atoms. The van der Waals surface area contributed by atoms with Gasteiger partial charge in [0, 0.05) is 11.1 Å². The molecule has 100 valence electrons. The van der Waals surface area contributed by atoms with Gasteiger partial charge in [-0.1, -0.05) is 11.6 Å². The molecule has 2 aromatic rings. The van der Waals surface area contributed by atoms with Crippen molar-refractivity contribution in [1.29, 1.82) is 0 Å². The second-order valence-corrected chi connectivity index (χ2v) is 5.77. The first-order valence-electron chi connectivity index (χ1n) is 5.30. The van der Waals surface area contributed by atoms with E-state index < -0.39 is 10.0 Å². The van der Waals surface area contributed by atoms with E-state index in [-0.39, 0.29) is 4.90 Å². The van der Waals surface area contributed by atoms with Gasteiger partial charge in [0.2, 0.25) is 5.88 Å². The third-order valence-corrected chi connectivity index (χ3v) is 3.97. The summed E-state index contributed by atoms with van der Waals surface area (Å²) in [5.74, 6) is 0.412. The first-order chi connectivity index (χ1) is 9.01. The number of aromatic nitrogens is 1. The minimum absolute atomic E-state index is 0.132.